The van der Waals surface area contributed by atoms with Gasteiger partial charge in [0.2, 0.25) is 15.9 Å². The molecule has 0 fully saturated rings. The SMILES string of the molecule is CCc1cccc(Oc2ncccc2S(N)(=O)=O)c1. The number of pyridine rings is 1. The predicted molar refractivity (Wildman–Crippen MR) is 71.5 cm³/mol. The topological polar surface area (TPSA) is 82.3 Å². The van der Waals surface area contributed by atoms with E-state index in [1.54, 1.807) is 6.07 Å². The molecule has 6 heteroatoms. The van der Waals surface area contributed by atoms with Crippen molar-refractivity contribution in [3.05, 3.63) is 48.2 Å². The first-order valence-corrected chi connectivity index (χ1v) is 7.30. The van der Waals surface area contributed by atoms with Crippen LogP contribution in [0.5, 0.6) is 11.6 Å². The first kappa shape index (κ1) is 13.5. The van der Waals surface area contributed by atoms with Gasteiger partial charge < -0.3 is 4.74 Å². The Morgan fingerprint density at radius 1 is 1.26 bits per heavy atom. The highest BCUT2D eigenvalue weighted by atomic mass is 32.2. The summed E-state index contributed by atoms with van der Waals surface area (Å²) < 4.78 is 28.4. The van der Waals surface area contributed by atoms with Gasteiger partial charge >= 0.3 is 0 Å². The molecule has 0 saturated carbocycles. The van der Waals surface area contributed by atoms with Gasteiger partial charge in [0.25, 0.3) is 0 Å². The molecule has 0 saturated heterocycles. The van der Waals surface area contributed by atoms with Gasteiger partial charge in [-0.05, 0) is 36.2 Å². The average Bonchev–Trinajstić information content (AvgIpc) is 2.38. The molecular formula is C13H14N2O3S. The van der Waals surface area contributed by atoms with Crippen molar-refractivity contribution in [2.75, 3.05) is 0 Å². The Balaban J connectivity index is 2.38. The molecule has 100 valence electrons. The van der Waals surface area contributed by atoms with Crippen LogP contribution in [0.1, 0.15) is 12.5 Å². The Morgan fingerprint density at radius 3 is 2.74 bits per heavy atom. The largest absolute Gasteiger partial charge is 0.438 e. The zero-order chi connectivity index (χ0) is 13.9. The molecule has 19 heavy (non-hydrogen) atoms. The molecule has 1 heterocycles. The van der Waals surface area contributed by atoms with Crippen molar-refractivity contribution in [3.8, 4) is 11.6 Å². The summed E-state index contributed by atoms with van der Waals surface area (Å²) >= 11 is 0. The molecule has 0 bridgehead atoms. The van der Waals surface area contributed by atoms with E-state index in [0.29, 0.717) is 5.75 Å². The number of sulfonamides is 1. The molecular weight excluding hydrogens is 264 g/mol. The van der Waals surface area contributed by atoms with Crippen LogP contribution < -0.4 is 9.88 Å². The molecule has 0 spiro atoms. The summed E-state index contributed by atoms with van der Waals surface area (Å²) in [4.78, 5) is 3.79. The van der Waals surface area contributed by atoms with Gasteiger partial charge in [-0.2, -0.15) is 0 Å². The van der Waals surface area contributed by atoms with Crippen molar-refractivity contribution in [1.29, 1.82) is 0 Å². The monoisotopic (exact) mass is 278 g/mol. The number of nitrogens with two attached hydrogens (primary N) is 1. The third-order valence-corrected chi connectivity index (χ3v) is 3.49. The normalized spacial score (nSPS) is 11.3. The van der Waals surface area contributed by atoms with Crippen molar-refractivity contribution in [2.45, 2.75) is 18.2 Å². The summed E-state index contributed by atoms with van der Waals surface area (Å²) in [6.45, 7) is 2.02. The van der Waals surface area contributed by atoms with E-state index in [9.17, 15) is 8.42 Å². The number of hydrogen-bond donors (Lipinski definition) is 1. The maximum absolute atomic E-state index is 11.4. The van der Waals surface area contributed by atoms with Crippen molar-refractivity contribution in [1.82, 2.24) is 4.98 Å². The lowest BCUT2D eigenvalue weighted by atomic mass is 10.2. The van der Waals surface area contributed by atoms with E-state index in [0.717, 1.165) is 12.0 Å². The van der Waals surface area contributed by atoms with E-state index in [2.05, 4.69) is 4.98 Å². The van der Waals surface area contributed by atoms with Crippen molar-refractivity contribution >= 4 is 10.0 Å². The molecule has 2 aromatic rings. The molecule has 0 aliphatic carbocycles. The molecule has 2 N–H and O–H groups in total. The lowest BCUT2D eigenvalue weighted by Gasteiger charge is -2.09. The molecule has 0 radical (unpaired) electrons. The number of hydrogen-bond acceptors (Lipinski definition) is 4. The number of nitrogens with zero attached hydrogens (tertiary/aromatic N) is 1. The quantitative estimate of drug-likeness (QED) is 0.928. The fourth-order valence-electron chi connectivity index (χ4n) is 1.61. The summed E-state index contributed by atoms with van der Waals surface area (Å²) in [6, 6.07) is 10.2. The molecule has 0 aliphatic heterocycles. The summed E-state index contributed by atoms with van der Waals surface area (Å²) in [7, 11) is -3.86. The fraction of sp³-hybridized carbons (Fsp3) is 0.154. The smallest absolute Gasteiger partial charge is 0.243 e. The molecule has 0 aliphatic rings. The second kappa shape index (κ2) is 5.38. The van der Waals surface area contributed by atoms with Crippen LogP contribution in [0.15, 0.2) is 47.5 Å². The molecule has 0 amide bonds. The number of rotatable bonds is 4. The summed E-state index contributed by atoms with van der Waals surface area (Å²) in [5.41, 5.74) is 1.09. The van der Waals surface area contributed by atoms with Gasteiger partial charge in [-0.15, -0.1) is 0 Å². The van der Waals surface area contributed by atoms with Crippen LogP contribution in [-0.2, 0) is 16.4 Å². The van der Waals surface area contributed by atoms with E-state index in [1.807, 2.05) is 25.1 Å². The zero-order valence-electron chi connectivity index (χ0n) is 10.4. The molecule has 1 aromatic heterocycles. The fourth-order valence-corrected chi connectivity index (χ4v) is 2.22. The molecule has 0 unspecified atom stereocenters. The predicted octanol–water partition coefficient (Wildman–Crippen LogP) is 2.08. The number of benzene rings is 1. The Labute approximate surface area is 112 Å². The van der Waals surface area contributed by atoms with Crippen molar-refractivity contribution in [2.24, 2.45) is 5.14 Å². The molecule has 0 atom stereocenters. The minimum absolute atomic E-state index is 0.0155. The van der Waals surface area contributed by atoms with E-state index in [4.69, 9.17) is 9.88 Å². The summed E-state index contributed by atoms with van der Waals surface area (Å²) in [6.07, 6.45) is 2.31. The van der Waals surface area contributed by atoms with Crippen LogP contribution in [0, 0.1) is 0 Å². The minimum Gasteiger partial charge on any atom is -0.438 e. The van der Waals surface area contributed by atoms with Gasteiger partial charge in [0, 0.05) is 6.20 Å². The second-order valence-corrected chi connectivity index (χ2v) is 5.48. The van der Waals surface area contributed by atoms with Crippen LogP contribution in [0.25, 0.3) is 0 Å². The van der Waals surface area contributed by atoms with Gasteiger partial charge in [-0.3, -0.25) is 0 Å². The Bertz CT molecular complexity index is 684. The van der Waals surface area contributed by atoms with E-state index >= 15 is 0 Å². The lowest BCUT2D eigenvalue weighted by Crippen LogP contribution is -2.13. The number of ether oxygens (including phenoxy) is 1. The van der Waals surface area contributed by atoms with Gasteiger partial charge in [0.15, 0.2) is 0 Å². The highest BCUT2D eigenvalue weighted by molar-refractivity contribution is 7.89. The molecule has 5 nitrogen and oxygen atoms in total. The first-order chi connectivity index (χ1) is 9.00. The Kier molecular flexibility index (Phi) is 3.82. The zero-order valence-corrected chi connectivity index (χ0v) is 11.2. The summed E-state index contributed by atoms with van der Waals surface area (Å²) in [5.74, 6) is 0.515. The number of aryl methyl sites for hydroxylation is 1. The molecule has 1 aromatic carbocycles. The number of primary sulfonamides is 1. The standard InChI is InChI=1S/C13H14N2O3S/c1-2-10-5-3-6-11(9-10)18-13-12(19(14,16)17)7-4-8-15-13/h3-9H,2H2,1H3,(H2,14,16,17). The average molecular weight is 278 g/mol. The van der Waals surface area contributed by atoms with E-state index in [1.165, 1.54) is 18.3 Å². The maximum Gasteiger partial charge on any atom is 0.243 e. The van der Waals surface area contributed by atoms with Crippen LogP contribution in [0.2, 0.25) is 0 Å². The summed E-state index contributed by atoms with van der Waals surface area (Å²) in [5, 5.41) is 5.12. The van der Waals surface area contributed by atoms with E-state index < -0.39 is 10.0 Å². The van der Waals surface area contributed by atoms with Crippen LogP contribution in [-0.4, -0.2) is 13.4 Å². The highest BCUT2D eigenvalue weighted by Gasteiger charge is 2.16. The van der Waals surface area contributed by atoms with Gasteiger partial charge in [0.05, 0.1) is 0 Å². The van der Waals surface area contributed by atoms with Crippen molar-refractivity contribution < 1.29 is 13.2 Å². The van der Waals surface area contributed by atoms with Gasteiger partial charge in [0.1, 0.15) is 10.6 Å². The molecule has 2 rings (SSSR count). The van der Waals surface area contributed by atoms with Crippen LogP contribution >= 0.6 is 0 Å². The lowest BCUT2D eigenvalue weighted by molar-refractivity contribution is 0.446. The second-order valence-electron chi connectivity index (χ2n) is 3.95. The highest BCUT2D eigenvalue weighted by Crippen LogP contribution is 2.26. The third kappa shape index (κ3) is 3.30. The van der Waals surface area contributed by atoms with Crippen molar-refractivity contribution in [3.63, 3.8) is 0 Å². The van der Waals surface area contributed by atoms with E-state index in [-0.39, 0.29) is 10.8 Å². The number of aromatic nitrogens is 1. The third-order valence-electron chi connectivity index (χ3n) is 2.56. The van der Waals surface area contributed by atoms with Crippen LogP contribution in [0.3, 0.4) is 0 Å². The van der Waals surface area contributed by atoms with Crippen LogP contribution in [0.4, 0.5) is 0 Å². The maximum atomic E-state index is 11.4. The Morgan fingerprint density at radius 2 is 2.05 bits per heavy atom. The minimum atomic E-state index is -3.86. The first-order valence-electron chi connectivity index (χ1n) is 5.75. The van der Waals surface area contributed by atoms with Gasteiger partial charge in [-0.1, -0.05) is 19.1 Å². The Hall–Kier alpha value is -1.92. The van der Waals surface area contributed by atoms with Gasteiger partial charge in [-0.25, -0.2) is 18.5 Å².